The number of nitrogens with one attached hydrogen (secondary N) is 3. The maximum atomic E-state index is 11.8. The molecular formula is C16H34N4O2. The van der Waals surface area contributed by atoms with Crippen LogP contribution in [0.15, 0.2) is 4.99 Å². The van der Waals surface area contributed by atoms with E-state index in [0.29, 0.717) is 6.54 Å². The third-order valence-corrected chi connectivity index (χ3v) is 2.90. The summed E-state index contributed by atoms with van der Waals surface area (Å²) in [5, 5.41) is 9.43. The molecule has 0 aromatic heterocycles. The molecule has 6 nitrogen and oxygen atoms in total. The second kappa shape index (κ2) is 11.2. The standard InChI is InChI=1S/C16H34N4O2/c1-7-9-10-13(20-14(17-6)18-11-8-2)12-19-15(21)22-16(3,4)5/h13H,7-12H2,1-6H3,(H,19,21)(H2,17,18,20). The van der Waals surface area contributed by atoms with Gasteiger partial charge in [-0.2, -0.15) is 0 Å². The first-order valence-electron chi connectivity index (χ1n) is 8.26. The highest BCUT2D eigenvalue weighted by Gasteiger charge is 2.17. The molecule has 1 amide bonds. The first kappa shape index (κ1) is 20.5. The van der Waals surface area contributed by atoms with Crippen LogP contribution in [-0.2, 0) is 4.74 Å². The molecule has 0 rings (SSSR count). The van der Waals surface area contributed by atoms with Gasteiger partial charge in [0.1, 0.15) is 5.60 Å². The quantitative estimate of drug-likeness (QED) is 0.475. The van der Waals surface area contributed by atoms with Gasteiger partial charge in [0.2, 0.25) is 0 Å². The zero-order valence-electron chi connectivity index (χ0n) is 15.1. The number of carbonyl (C=O) groups is 1. The third kappa shape index (κ3) is 11.2. The number of rotatable bonds is 8. The zero-order valence-corrected chi connectivity index (χ0v) is 15.1. The van der Waals surface area contributed by atoms with Crippen molar-refractivity contribution in [3.63, 3.8) is 0 Å². The molecule has 6 heteroatoms. The van der Waals surface area contributed by atoms with Gasteiger partial charge in [-0.3, -0.25) is 4.99 Å². The Kier molecular flexibility index (Phi) is 10.4. The summed E-state index contributed by atoms with van der Waals surface area (Å²) in [6.07, 6.45) is 3.84. The summed E-state index contributed by atoms with van der Waals surface area (Å²) < 4.78 is 5.27. The SMILES string of the molecule is CCCCC(CNC(=O)OC(C)(C)C)NC(=NC)NCCC. The van der Waals surface area contributed by atoms with Crippen molar-refractivity contribution in [2.45, 2.75) is 71.9 Å². The maximum absolute atomic E-state index is 11.8. The van der Waals surface area contributed by atoms with Gasteiger partial charge in [-0.1, -0.05) is 26.7 Å². The highest BCUT2D eigenvalue weighted by atomic mass is 16.6. The fraction of sp³-hybridized carbons (Fsp3) is 0.875. The molecule has 0 aromatic carbocycles. The number of amides is 1. The van der Waals surface area contributed by atoms with Gasteiger partial charge in [0.25, 0.3) is 0 Å². The molecule has 0 spiro atoms. The van der Waals surface area contributed by atoms with Crippen molar-refractivity contribution < 1.29 is 9.53 Å². The van der Waals surface area contributed by atoms with Gasteiger partial charge in [0.15, 0.2) is 5.96 Å². The normalized spacial score (nSPS) is 13.5. The largest absolute Gasteiger partial charge is 0.444 e. The summed E-state index contributed by atoms with van der Waals surface area (Å²) in [4.78, 5) is 16.0. The van der Waals surface area contributed by atoms with E-state index in [1.54, 1.807) is 7.05 Å². The molecule has 0 radical (unpaired) electrons. The van der Waals surface area contributed by atoms with Crippen LogP contribution in [0.4, 0.5) is 4.79 Å². The van der Waals surface area contributed by atoms with E-state index in [1.807, 2.05) is 20.8 Å². The minimum absolute atomic E-state index is 0.135. The molecule has 0 aromatic rings. The average molecular weight is 314 g/mol. The lowest BCUT2D eigenvalue weighted by Gasteiger charge is -2.24. The van der Waals surface area contributed by atoms with Crippen LogP contribution >= 0.6 is 0 Å². The Labute approximate surface area is 135 Å². The average Bonchev–Trinajstić information content (AvgIpc) is 2.43. The Hall–Kier alpha value is -1.46. The molecule has 0 fully saturated rings. The van der Waals surface area contributed by atoms with Crippen molar-refractivity contribution in [3.05, 3.63) is 0 Å². The molecule has 3 N–H and O–H groups in total. The van der Waals surface area contributed by atoms with Crippen LogP contribution in [0, 0.1) is 0 Å². The molecule has 0 aliphatic rings. The fourth-order valence-corrected chi connectivity index (χ4v) is 1.83. The van der Waals surface area contributed by atoms with Crippen molar-refractivity contribution in [1.82, 2.24) is 16.0 Å². The lowest BCUT2D eigenvalue weighted by molar-refractivity contribution is 0.0523. The Morgan fingerprint density at radius 2 is 1.86 bits per heavy atom. The second-order valence-corrected chi connectivity index (χ2v) is 6.37. The fourth-order valence-electron chi connectivity index (χ4n) is 1.83. The van der Waals surface area contributed by atoms with Gasteiger partial charge in [-0.15, -0.1) is 0 Å². The summed E-state index contributed by atoms with van der Waals surface area (Å²) in [6.45, 7) is 11.2. The summed E-state index contributed by atoms with van der Waals surface area (Å²) in [5.74, 6) is 0.772. The monoisotopic (exact) mass is 314 g/mol. The number of unbranched alkanes of at least 4 members (excludes halogenated alkanes) is 1. The molecule has 0 saturated heterocycles. The number of alkyl carbamates (subject to hydrolysis) is 1. The van der Waals surface area contributed by atoms with E-state index in [4.69, 9.17) is 4.74 Å². The number of guanidine groups is 1. The summed E-state index contributed by atoms with van der Waals surface area (Å²) in [5.41, 5.74) is -0.477. The predicted molar refractivity (Wildman–Crippen MR) is 92.3 cm³/mol. The molecular weight excluding hydrogens is 280 g/mol. The van der Waals surface area contributed by atoms with Crippen LogP contribution in [-0.4, -0.2) is 43.8 Å². The van der Waals surface area contributed by atoms with Gasteiger partial charge in [-0.25, -0.2) is 4.79 Å². The van der Waals surface area contributed by atoms with Crippen molar-refractivity contribution in [2.75, 3.05) is 20.1 Å². The number of ether oxygens (including phenoxy) is 1. The topological polar surface area (TPSA) is 74.8 Å². The lowest BCUT2D eigenvalue weighted by atomic mass is 10.1. The van der Waals surface area contributed by atoms with Gasteiger partial charge in [-0.05, 0) is 33.6 Å². The van der Waals surface area contributed by atoms with E-state index in [2.05, 4.69) is 34.8 Å². The molecule has 0 saturated carbocycles. The minimum Gasteiger partial charge on any atom is -0.444 e. The Morgan fingerprint density at radius 1 is 1.18 bits per heavy atom. The summed E-state index contributed by atoms with van der Waals surface area (Å²) in [6, 6.07) is 0.135. The highest BCUT2D eigenvalue weighted by molar-refractivity contribution is 5.80. The molecule has 0 heterocycles. The first-order valence-corrected chi connectivity index (χ1v) is 8.26. The smallest absolute Gasteiger partial charge is 0.407 e. The van der Waals surface area contributed by atoms with Gasteiger partial charge in [0.05, 0.1) is 0 Å². The molecule has 1 atom stereocenters. The van der Waals surface area contributed by atoms with Crippen LogP contribution in [0.1, 0.15) is 60.3 Å². The summed E-state index contributed by atoms with van der Waals surface area (Å²) in [7, 11) is 1.75. The minimum atomic E-state index is -0.477. The molecule has 130 valence electrons. The first-order chi connectivity index (χ1) is 10.3. The Morgan fingerprint density at radius 3 is 2.36 bits per heavy atom. The van der Waals surface area contributed by atoms with Gasteiger partial charge in [0, 0.05) is 26.2 Å². The Bertz CT molecular complexity index is 338. The highest BCUT2D eigenvalue weighted by Crippen LogP contribution is 2.06. The van der Waals surface area contributed by atoms with E-state index in [1.165, 1.54) is 0 Å². The lowest BCUT2D eigenvalue weighted by Crippen LogP contribution is -2.49. The molecule has 1 unspecified atom stereocenters. The second-order valence-electron chi connectivity index (χ2n) is 6.37. The predicted octanol–water partition coefficient (Wildman–Crippen LogP) is 2.64. The van der Waals surface area contributed by atoms with E-state index in [0.717, 1.165) is 38.2 Å². The van der Waals surface area contributed by atoms with Crippen molar-refractivity contribution in [2.24, 2.45) is 4.99 Å². The van der Waals surface area contributed by atoms with E-state index in [-0.39, 0.29) is 12.1 Å². The van der Waals surface area contributed by atoms with Crippen molar-refractivity contribution >= 4 is 12.1 Å². The number of nitrogens with zero attached hydrogens (tertiary/aromatic N) is 1. The Balaban J connectivity index is 4.41. The maximum Gasteiger partial charge on any atom is 0.407 e. The third-order valence-electron chi connectivity index (χ3n) is 2.90. The molecule has 0 aliphatic carbocycles. The number of aliphatic imine (C=N–C) groups is 1. The van der Waals surface area contributed by atoms with Crippen LogP contribution in [0.2, 0.25) is 0 Å². The zero-order chi connectivity index (χ0) is 17.0. The van der Waals surface area contributed by atoms with Crippen LogP contribution in [0.25, 0.3) is 0 Å². The molecule has 0 aliphatic heterocycles. The van der Waals surface area contributed by atoms with Gasteiger partial charge < -0.3 is 20.7 Å². The molecule has 0 bridgehead atoms. The number of carbonyl (C=O) groups excluding carboxylic acids is 1. The van der Waals surface area contributed by atoms with Crippen LogP contribution in [0.5, 0.6) is 0 Å². The van der Waals surface area contributed by atoms with Crippen molar-refractivity contribution in [3.8, 4) is 0 Å². The molecule has 22 heavy (non-hydrogen) atoms. The number of hydrogen-bond donors (Lipinski definition) is 3. The van der Waals surface area contributed by atoms with E-state index >= 15 is 0 Å². The van der Waals surface area contributed by atoms with Crippen molar-refractivity contribution in [1.29, 1.82) is 0 Å². The van der Waals surface area contributed by atoms with E-state index in [9.17, 15) is 4.79 Å². The summed E-state index contributed by atoms with van der Waals surface area (Å²) >= 11 is 0. The van der Waals surface area contributed by atoms with Crippen LogP contribution in [0.3, 0.4) is 0 Å². The van der Waals surface area contributed by atoms with E-state index < -0.39 is 5.60 Å². The number of hydrogen-bond acceptors (Lipinski definition) is 3. The van der Waals surface area contributed by atoms with Crippen LogP contribution < -0.4 is 16.0 Å². The van der Waals surface area contributed by atoms with Gasteiger partial charge >= 0.3 is 6.09 Å².